The Labute approximate surface area is 137 Å². The molecule has 24 heavy (non-hydrogen) atoms. The number of nitrogens with zero attached hydrogens (tertiary/aromatic N) is 2. The van der Waals surface area contributed by atoms with Crippen LogP contribution in [0.15, 0.2) is 53.3 Å². The van der Waals surface area contributed by atoms with Crippen LogP contribution in [0.1, 0.15) is 0 Å². The van der Waals surface area contributed by atoms with Crippen molar-refractivity contribution in [3.05, 3.63) is 54.6 Å². The van der Waals surface area contributed by atoms with Crippen LogP contribution in [0.3, 0.4) is 0 Å². The van der Waals surface area contributed by atoms with E-state index in [1.807, 2.05) is 0 Å². The van der Waals surface area contributed by atoms with E-state index in [-0.39, 0.29) is 24.2 Å². The number of amides is 1. The lowest BCUT2D eigenvalue weighted by Crippen LogP contribution is -2.25. The second kappa shape index (κ2) is 7.01. The first kappa shape index (κ1) is 15.8. The number of likely N-dealkylation sites (N-methyl/N-ethyl adjacent to an activating group) is 1. The number of hydrogen-bond acceptors (Lipinski definition) is 5. The third-order valence-corrected chi connectivity index (χ3v) is 3.37. The molecule has 3 aromatic rings. The Morgan fingerprint density at radius 3 is 2.50 bits per heavy atom. The molecule has 0 fully saturated rings. The zero-order valence-electron chi connectivity index (χ0n) is 12.9. The van der Waals surface area contributed by atoms with Gasteiger partial charge in [-0.2, -0.15) is 0 Å². The molecule has 0 bridgehead atoms. The molecule has 0 saturated carbocycles. The first-order valence-corrected chi connectivity index (χ1v) is 7.29. The van der Waals surface area contributed by atoms with Gasteiger partial charge in [-0.25, -0.2) is 4.39 Å². The monoisotopic (exact) mass is 326 g/mol. The van der Waals surface area contributed by atoms with Gasteiger partial charge in [0.25, 0.3) is 0 Å². The molecular weight excluding hydrogens is 311 g/mol. The van der Waals surface area contributed by atoms with Crippen molar-refractivity contribution in [3.8, 4) is 22.4 Å². The molecular formula is C17H15FN4O2. The summed E-state index contributed by atoms with van der Waals surface area (Å²) in [5, 5.41) is 9.50. The Morgan fingerprint density at radius 1 is 1.12 bits per heavy atom. The van der Waals surface area contributed by atoms with E-state index in [0.29, 0.717) is 16.8 Å². The predicted octanol–water partition coefficient (Wildman–Crippen LogP) is 2.70. The minimum atomic E-state index is -0.338. The fourth-order valence-corrected chi connectivity index (χ4v) is 2.30. The fourth-order valence-electron chi connectivity index (χ4n) is 2.30. The average Bonchev–Trinajstić information content (AvgIpc) is 3.00. The Hall–Kier alpha value is -3.06. The van der Waals surface area contributed by atoms with Crippen molar-refractivity contribution in [2.45, 2.75) is 0 Å². The van der Waals surface area contributed by atoms with Gasteiger partial charge in [-0.05, 0) is 49.0 Å². The van der Waals surface area contributed by atoms with Gasteiger partial charge in [0, 0.05) is 18.0 Å². The quantitative estimate of drug-likeness (QED) is 0.753. The fraction of sp³-hybridized carbons (Fsp3) is 0.118. The average molecular weight is 326 g/mol. The number of carbonyl (C=O) groups excluding carboxylic acids is 1. The van der Waals surface area contributed by atoms with Gasteiger partial charge in [0.2, 0.25) is 11.8 Å². The molecule has 0 unspecified atom stereocenters. The first-order valence-electron chi connectivity index (χ1n) is 7.29. The molecule has 1 aromatic carbocycles. The van der Waals surface area contributed by atoms with Crippen LogP contribution in [0.2, 0.25) is 0 Å². The van der Waals surface area contributed by atoms with Crippen LogP contribution in [-0.4, -0.2) is 29.6 Å². The minimum absolute atomic E-state index is 0.141. The molecule has 0 spiro atoms. The van der Waals surface area contributed by atoms with Crippen LogP contribution in [0.25, 0.3) is 22.4 Å². The molecule has 0 atom stereocenters. The molecule has 0 aliphatic heterocycles. The van der Waals surface area contributed by atoms with E-state index < -0.39 is 0 Å². The van der Waals surface area contributed by atoms with Gasteiger partial charge in [0.1, 0.15) is 11.5 Å². The zero-order valence-corrected chi connectivity index (χ0v) is 12.9. The minimum Gasteiger partial charge on any atom is -0.337 e. The number of pyridine rings is 1. The molecule has 0 aliphatic rings. The predicted molar refractivity (Wildman–Crippen MR) is 87.7 cm³/mol. The van der Waals surface area contributed by atoms with Gasteiger partial charge < -0.3 is 9.84 Å². The van der Waals surface area contributed by atoms with Gasteiger partial charge in [-0.15, -0.1) is 0 Å². The third kappa shape index (κ3) is 3.31. The van der Waals surface area contributed by atoms with E-state index in [1.54, 1.807) is 43.7 Å². The van der Waals surface area contributed by atoms with Crippen molar-refractivity contribution >= 4 is 11.8 Å². The number of rotatable bonds is 5. The van der Waals surface area contributed by atoms with E-state index in [0.717, 1.165) is 5.56 Å². The summed E-state index contributed by atoms with van der Waals surface area (Å²) in [5.74, 6) is -0.356. The van der Waals surface area contributed by atoms with Crippen molar-refractivity contribution < 1.29 is 13.7 Å². The van der Waals surface area contributed by atoms with Gasteiger partial charge in [-0.3, -0.25) is 15.1 Å². The number of carbonyl (C=O) groups is 1. The van der Waals surface area contributed by atoms with Crippen molar-refractivity contribution in [1.82, 2.24) is 15.5 Å². The highest BCUT2D eigenvalue weighted by molar-refractivity contribution is 5.97. The van der Waals surface area contributed by atoms with E-state index in [4.69, 9.17) is 4.52 Å². The van der Waals surface area contributed by atoms with Crippen LogP contribution in [0.4, 0.5) is 10.3 Å². The number of nitrogens with one attached hydrogen (secondary N) is 2. The van der Waals surface area contributed by atoms with E-state index in [2.05, 4.69) is 20.8 Å². The lowest BCUT2D eigenvalue weighted by Gasteiger charge is -2.06. The SMILES string of the molecule is CNCC(=O)Nc1onc(-c2ccc(F)cc2)c1-c1ccncc1. The zero-order chi connectivity index (χ0) is 16.9. The topological polar surface area (TPSA) is 80.0 Å². The Bertz CT molecular complexity index is 832. The third-order valence-electron chi connectivity index (χ3n) is 3.37. The molecule has 3 rings (SSSR count). The van der Waals surface area contributed by atoms with Gasteiger partial charge in [0.05, 0.1) is 12.1 Å². The summed E-state index contributed by atoms with van der Waals surface area (Å²) < 4.78 is 18.5. The highest BCUT2D eigenvalue weighted by atomic mass is 19.1. The number of benzene rings is 1. The summed E-state index contributed by atoms with van der Waals surface area (Å²) in [7, 11) is 1.67. The summed E-state index contributed by atoms with van der Waals surface area (Å²) >= 11 is 0. The van der Waals surface area contributed by atoms with E-state index in [1.165, 1.54) is 12.1 Å². The molecule has 0 aliphatic carbocycles. The summed E-state index contributed by atoms with van der Waals surface area (Å²) in [6, 6.07) is 9.48. The maximum atomic E-state index is 13.2. The molecule has 6 nitrogen and oxygen atoms in total. The molecule has 122 valence electrons. The van der Waals surface area contributed by atoms with Gasteiger partial charge in [0.15, 0.2) is 0 Å². The van der Waals surface area contributed by atoms with Crippen LogP contribution < -0.4 is 10.6 Å². The lowest BCUT2D eigenvalue weighted by molar-refractivity contribution is -0.115. The number of hydrogen-bond donors (Lipinski definition) is 2. The Kier molecular flexibility index (Phi) is 4.62. The first-order chi connectivity index (χ1) is 11.7. The number of aromatic nitrogens is 2. The van der Waals surface area contributed by atoms with Crippen LogP contribution in [0.5, 0.6) is 0 Å². The van der Waals surface area contributed by atoms with Gasteiger partial charge in [-0.1, -0.05) is 5.16 Å². The molecule has 7 heteroatoms. The number of halogens is 1. The second-order valence-electron chi connectivity index (χ2n) is 5.06. The maximum absolute atomic E-state index is 13.2. The summed E-state index contributed by atoms with van der Waals surface area (Å²) in [6.07, 6.45) is 3.27. The molecule has 1 amide bonds. The highest BCUT2D eigenvalue weighted by Crippen LogP contribution is 2.37. The second-order valence-corrected chi connectivity index (χ2v) is 5.06. The normalized spacial score (nSPS) is 10.6. The smallest absolute Gasteiger partial charge is 0.240 e. The summed E-state index contributed by atoms with van der Waals surface area (Å²) in [6.45, 7) is 0.141. The Morgan fingerprint density at radius 2 is 1.83 bits per heavy atom. The summed E-state index contributed by atoms with van der Waals surface area (Å²) in [4.78, 5) is 15.9. The molecule has 2 heterocycles. The largest absolute Gasteiger partial charge is 0.337 e. The molecule has 0 radical (unpaired) electrons. The highest BCUT2D eigenvalue weighted by Gasteiger charge is 2.20. The van der Waals surface area contributed by atoms with E-state index >= 15 is 0 Å². The summed E-state index contributed by atoms with van der Waals surface area (Å²) in [5.41, 5.74) is 2.60. The molecule has 2 N–H and O–H groups in total. The standard InChI is InChI=1S/C17H15FN4O2/c1-19-10-14(23)21-17-15(11-6-8-20-9-7-11)16(22-24-17)12-2-4-13(18)5-3-12/h2-9,19H,10H2,1H3,(H,21,23). The molecule has 2 aromatic heterocycles. The van der Waals surface area contributed by atoms with Gasteiger partial charge >= 0.3 is 0 Å². The maximum Gasteiger partial charge on any atom is 0.240 e. The Balaban J connectivity index is 2.08. The number of anilines is 1. The van der Waals surface area contributed by atoms with Crippen molar-refractivity contribution in [2.24, 2.45) is 0 Å². The van der Waals surface area contributed by atoms with Crippen LogP contribution >= 0.6 is 0 Å². The molecule has 0 saturated heterocycles. The van der Waals surface area contributed by atoms with Crippen molar-refractivity contribution in [2.75, 3.05) is 18.9 Å². The van der Waals surface area contributed by atoms with Crippen LogP contribution in [0, 0.1) is 5.82 Å². The van der Waals surface area contributed by atoms with Crippen molar-refractivity contribution in [1.29, 1.82) is 0 Å². The van der Waals surface area contributed by atoms with Crippen molar-refractivity contribution in [3.63, 3.8) is 0 Å². The van der Waals surface area contributed by atoms with E-state index in [9.17, 15) is 9.18 Å². The lowest BCUT2D eigenvalue weighted by atomic mass is 10.0. The van der Waals surface area contributed by atoms with Crippen LogP contribution in [-0.2, 0) is 4.79 Å².